The highest BCUT2D eigenvalue weighted by molar-refractivity contribution is 5.82. The number of nitrogens with one attached hydrogen (secondary N) is 1. The molecule has 134 valence electrons. The highest BCUT2D eigenvalue weighted by atomic mass is 16.2. The van der Waals surface area contributed by atoms with Crippen molar-refractivity contribution in [2.45, 2.75) is 45.8 Å². The molecule has 1 N–H and O–H groups in total. The molecule has 0 aliphatic carbocycles. The molecule has 2 heterocycles. The Morgan fingerprint density at radius 1 is 1.36 bits per heavy atom. The van der Waals surface area contributed by atoms with Gasteiger partial charge in [0.25, 0.3) is 0 Å². The number of tetrazole rings is 1. The molecule has 1 amide bonds. The van der Waals surface area contributed by atoms with Crippen LogP contribution in [0.3, 0.4) is 0 Å². The van der Waals surface area contributed by atoms with Gasteiger partial charge in [0.2, 0.25) is 5.91 Å². The summed E-state index contributed by atoms with van der Waals surface area (Å²) in [6, 6.07) is 8.28. The highest BCUT2D eigenvalue weighted by Crippen LogP contribution is 2.28. The fourth-order valence-electron chi connectivity index (χ4n) is 3.28. The van der Waals surface area contributed by atoms with Crippen molar-refractivity contribution < 1.29 is 4.79 Å². The molecule has 1 saturated heterocycles. The van der Waals surface area contributed by atoms with Gasteiger partial charge in [0.15, 0.2) is 0 Å². The molecule has 1 aromatic heterocycles. The third-order valence-electron chi connectivity index (χ3n) is 4.74. The minimum atomic E-state index is -0.160. The summed E-state index contributed by atoms with van der Waals surface area (Å²) in [5.74, 6) is 0.531. The molecule has 0 saturated carbocycles. The zero-order valence-corrected chi connectivity index (χ0v) is 15.1. The lowest BCUT2D eigenvalue weighted by Gasteiger charge is -2.24. The summed E-state index contributed by atoms with van der Waals surface area (Å²) in [7, 11) is 0. The number of nitrogens with zero attached hydrogens (tertiary/aromatic N) is 5. The number of likely N-dealkylation sites (tertiary alicyclic amines) is 1. The Balaban J connectivity index is 1.76. The number of carbonyl (C=O) groups is 1. The summed E-state index contributed by atoms with van der Waals surface area (Å²) in [6.45, 7) is 8.53. The van der Waals surface area contributed by atoms with Crippen LogP contribution in [0.5, 0.6) is 0 Å². The first kappa shape index (κ1) is 17.5. The van der Waals surface area contributed by atoms with Crippen molar-refractivity contribution in [3.8, 4) is 0 Å². The highest BCUT2D eigenvalue weighted by Gasteiger charge is 2.38. The van der Waals surface area contributed by atoms with Crippen molar-refractivity contribution >= 4 is 5.91 Å². The summed E-state index contributed by atoms with van der Waals surface area (Å²) in [5, 5.41) is 14.6. The molecule has 7 heteroatoms. The van der Waals surface area contributed by atoms with Crippen LogP contribution in [0.1, 0.15) is 37.4 Å². The van der Waals surface area contributed by atoms with Gasteiger partial charge in [0.05, 0.1) is 12.1 Å². The first-order chi connectivity index (χ1) is 12.0. The van der Waals surface area contributed by atoms with E-state index in [9.17, 15) is 4.79 Å². The number of amides is 1. The summed E-state index contributed by atoms with van der Waals surface area (Å²) in [4.78, 5) is 15.0. The number of hydrogen-bond acceptors (Lipinski definition) is 5. The fraction of sp³-hybridized carbons (Fsp3) is 0.556. The van der Waals surface area contributed by atoms with Crippen molar-refractivity contribution in [2.24, 2.45) is 5.92 Å². The molecule has 2 aromatic rings. The molecule has 25 heavy (non-hydrogen) atoms. The van der Waals surface area contributed by atoms with E-state index >= 15 is 0 Å². The maximum absolute atomic E-state index is 12.7. The lowest BCUT2D eigenvalue weighted by molar-refractivity contribution is -0.125. The second-order valence-corrected chi connectivity index (χ2v) is 7.19. The van der Waals surface area contributed by atoms with E-state index in [1.54, 1.807) is 11.0 Å². The van der Waals surface area contributed by atoms with E-state index in [1.807, 2.05) is 12.1 Å². The molecule has 7 nitrogen and oxygen atoms in total. The van der Waals surface area contributed by atoms with Crippen LogP contribution in [0.25, 0.3) is 0 Å². The zero-order chi connectivity index (χ0) is 17.8. The van der Waals surface area contributed by atoms with Gasteiger partial charge in [0, 0.05) is 19.6 Å². The standard InChI is InChI=1S/C18H26N6O/c1-13(2)9-19-18(25)17-8-16(24-12-20-21-22-24)11-23(17)10-15-7-5-4-6-14(15)3/h4-7,12-13,16-17H,8-11H2,1-3H3,(H,19,25)/t16-,17+/m1/s1. The Hall–Kier alpha value is -2.28. The summed E-state index contributed by atoms with van der Waals surface area (Å²) in [6.07, 6.45) is 2.35. The Morgan fingerprint density at radius 3 is 2.84 bits per heavy atom. The van der Waals surface area contributed by atoms with Gasteiger partial charge in [-0.25, -0.2) is 4.68 Å². The smallest absolute Gasteiger partial charge is 0.237 e. The number of aryl methyl sites for hydroxylation is 1. The Kier molecular flexibility index (Phi) is 5.43. The van der Waals surface area contributed by atoms with Crippen LogP contribution in [0.2, 0.25) is 0 Å². The van der Waals surface area contributed by atoms with Gasteiger partial charge < -0.3 is 5.32 Å². The van der Waals surface area contributed by atoms with E-state index < -0.39 is 0 Å². The Labute approximate surface area is 148 Å². The second kappa shape index (κ2) is 7.74. The molecule has 2 atom stereocenters. The SMILES string of the molecule is Cc1ccccc1CN1C[C@H](n2cnnn2)C[C@H]1C(=O)NCC(C)C. The van der Waals surface area contributed by atoms with Crippen molar-refractivity contribution in [3.63, 3.8) is 0 Å². The predicted octanol–water partition coefficient (Wildman–Crippen LogP) is 1.57. The van der Waals surface area contributed by atoms with Gasteiger partial charge >= 0.3 is 0 Å². The van der Waals surface area contributed by atoms with Crippen LogP contribution in [-0.2, 0) is 11.3 Å². The minimum absolute atomic E-state index is 0.0952. The van der Waals surface area contributed by atoms with Gasteiger partial charge in [-0.15, -0.1) is 5.10 Å². The minimum Gasteiger partial charge on any atom is -0.354 e. The maximum atomic E-state index is 12.7. The van der Waals surface area contributed by atoms with Crippen LogP contribution in [0, 0.1) is 12.8 Å². The van der Waals surface area contributed by atoms with Crippen LogP contribution in [-0.4, -0.2) is 50.1 Å². The number of hydrogen-bond donors (Lipinski definition) is 1. The number of carbonyl (C=O) groups excluding carboxylic acids is 1. The van der Waals surface area contributed by atoms with E-state index in [4.69, 9.17) is 0 Å². The van der Waals surface area contributed by atoms with Crippen LogP contribution in [0.15, 0.2) is 30.6 Å². The third-order valence-corrected chi connectivity index (χ3v) is 4.74. The molecular weight excluding hydrogens is 316 g/mol. The molecular formula is C18H26N6O. The van der Waals surface area contributed by atoms with E-state index in [-0.39, 0.29) is 18.0 Å². The van der Waals surface area contributed by atoms with Crippen molar-refractivity contribution in [1.29, 1.82) is 0 Å². The lowest BCUT2D eigenvalue weighted by Crippen LogP contribution is -2.43. The van der Waals surface area contributed by atoms with Crippen molar-refractivity contribution in [2.75, 3.05) is 13.1 Å². The molecule has 0 unspecified atom stereocenters. The first-order valence-corrected chi connectivity index (χ1v) is 8.83. The van der Waals surface area contributed by atoms with E-state index in [0.717, 1.165) is 19.5 Å². The summed E-state index contributed by atoms with van der Waals surface area (Å²) >= 11 is 0. The van der Waals surface area contributed by atoms with Crippen molar-refractivity contribution in [1.82, 2.24) is 30.4 Å². The van der Waals surface area contributed by atoms with E-state index in [0.29, 0.717) is 12.5 Å². The number of rotatable bonds is 6. The molecule has 0 bridgehead atoms. The molecule has 1 fully saturated rings. The van der Waals surface area contributed by atoms with E-state index in [1.165, 1.54) is 11.1 Å². The average molecular weight is 342 g/mol. The van der Waals surface area contributed by atoms with Crippen LogP contribution >= 0.6 is 0 Å². The topological polar surface area (TPSA) is 75.9 Å². The van der Waals surface area contributed by atoms with Gasteiger partial charge in [-0.05, 0) is 40.8 Å². The first-order valence-electron chi connectivity index (χ1n) is 8.83. The van der Waals surface area contributed by atoms with Gasteiger partial charge in [0.1, 0.15) is 6.33 Å². The molecule has 0 radical (unpaired) electrons. The van der Waals surface area contributed by atoms with Crippen LogP contribution < -0.4 is 5.32 Å². The quantitative estimate of drug-likeness (QED) is 0.862. The third kappa shape index (κ3) is 4.22. The monoisotopic (exact) mass is 342 g/mol. The van der Waals surface area contributed by atoms with Gasteiger partial charge in [-0.1, -0.05) is 38.1 Å². The predicted molar refractivity (Wildman–Crippen MR) is 94.7 cm³/mol. The summed E-state index contributed by atoms with van der Waals surface area (Å²) in [5.41, 5.74) is 2.50. The lowest BCUT2D eigenvalue weighted by atomic mass is 10.1. The van der Waals surface area contributed by atoms with Gasteiger partial charge in [-0.2, -0.15) is 0 Å². The normalized spacial score (nSPS) is 21.0. The molecule has 0 spiro atoms. The Bertz CT molecular complexity index is 699. The zero-order valence-electron chi connectivity index (χ0n) is 15.1. The molecule has 1 aliphatic rings. The number of benzene rings is 1. The Morgan fingerprint density at radius 2 is 2.16 bits per heavy atom. The molecule has 1 aromatic carbocycles. The van der Waals surface area contributed by atoms with Crippen LogP contribution in [0.4, 0.5) is 0 Å². The number of aromatic nitrogens is 4. The molecule has 1 aliphatic heterocycles. The summed E-state index contributed by atoms with van der Waals surface area (Å²) < 4.78 is 1.76. The van der Waals surface area contributed by atoms with Crippen molar-refractivity contribution in [3.05, 3.63) is 41.7 Å². The maximum Gasteiger partial charge on any atom is 0.237 e. The van der Waals surface area contributed by atoms with Gasteiger partial charge in [-0.3, -0.25) is 9.69 Å². The average Bonchev–Trinajstić information content (AvgIpc) is 3.24. The fourth-order valence-corrected chi connectivity index (χ4v) is 3.28. The molecule has 3 rings (SSSR count). The second-order valence-electron chi connectivity index (χ2n) is 7.19. The largest absolute Gasteiger partial charge is 0.354 e. The van der Waals surface area contributed by atoms with E-state index in [2.05, 4.69) is 58.6 Å².